The normalized spacial score (nSPS) is 16.2. The molecule has 2 aromatic carbocycles. The van der Waals surface area contributed by atoms with E-state index in [2.05, 4.69) is 10.2 Å². The van der Waals surface area contributed by atoms with Crippen molar-refractivity contribution in [3.63, 3.8) is 0 Å². The van der Waals surface area contributed by atoms with Crippen LogP contribution in [0, 0.1) is 11.7 Å². The lowest BCUT2D eigenvalue weighted by molar-refractivity contribution is -0.139. The summed E-state index contributed by atoms with van der Waals surface area (Å²) < 4.78 is 55.2. The molecule has 196 valence electrons. The average Bonchev–Trinajstić information content (AvgIpc) is 3.65. The standard InChI is InChI=1S/C27H34F4N4O/c1-33(2)13-14-35(17-20-5-3-4-6-23(20)27(29,30)31)26(36)15-32-25-10-9-24(28)22-18-34(12-11-21(22)25)16-19-7-8-19/h3-6,9-10,19,32H,7-8,11-18H2,1-2H3. The fraction of sp³-hybridized carbons (Fsp3) is 0.519. The Morgan fingerprint density at radius 1 is 1.08 bits per heavy atom. The van der Waals surface area contributed by atoms with Gasteiger partial charge in [-0.2, -0.15) is 13.2 Å². The van der Waals surface area contributed by atoms with Crippen LogP contribution in [0.1, 0.15) is 35.1 Å². The zero-order valence-corrected chi connectivity index (χ0v) is 20.9. The Morgan fingerprint density at radius 2 is 1.83 bits per heavy atom. The van der Waals surface area contributed by atoms with Crippen molar-refractivity contribution >= 4 is 11.6 Å². The largest absolute Gasteiger partial charge is 0.416 e. The lowest BCUT2D eigenvalue weighted by Gasteiger charge is -2.31. The van der Waals surface area contributed by atoms with Crippen molar-refractivity contribution in [2.45, 2.75) is 38.5 Å². The predicted molar refractivity (Wildman–Crippen MR) is 132 cm³/mol. The molecule has 1 saturated carbocycles. The van der Waals surface area contributed by atoms with Crippen molar-refractivity contribution < 1.29 is 22.4 Å². The highest BCUT2D eigenvalue weighted by atomic mass is 19.4. The molecule has 36 heavy (non-hydrogen) atoms. The van der Waals surface area contributed by atoms with Gasteiger partial charge in [-0.15, -0.1) is 0 Å². The third-order valence-electron chi connectivity index (χ3n) is 6.93. The molecule has 0 bridgehead atoms. The van der Waals surface area contributed by atoms with Gasteiger partial charge in [-0.25, -0.2) is 4.39 Å². The van der Waals surface area contributed by atoms with Crippen LogP contribution in [0.3, 0.4) is 0 Å². The van der Waals surface area contributed by atoms with Crippen molar-refractivity contribution in [1.29, 1.82) is 0 Å². The summed E-state index contributed by atoms with van der Waals surface area (Å²) in [6.45, 7) is 2.99. The third kappa shape index (κ3) is 6.76. The number of nitrogens with zero attached hydrogens (tertiary/aromatic N) is 3. The number of carbonyl (C=O) groups excluding carboxylic acids is 1. The summed E-state index contributed by atoms with van der Waals surface area (Å²) in [6, 6.07) is 8.43. The Kier molecular flexibility index (Phi) is 8.20. The molecular weight excluding hydrogens is 472 g/mol. The molecule has 1 N–H and O–H groups in total. The third-order valence-corrected chi connectivity index (χ3v) is 6.93. The fourth-order valence-electron chi connectivity index (χ4n) is 4.72. The van der Waals surface area contributed by atoms with Gasteiger partial charge in [0.1, 0.15) is 5.82 Å². The maximum absolute atomic E-state index is 14.6. The zero-order valence-electron chi connectivity index (χ0n) is 20.9. The number of alkyl halides is 3. The van der Waals surface area contributed by atoms with Crippen molar-refractivity contribution in [3.8, 4) is 0 Å². The number of hydrogen-bond donors (Lipinski definition) is 1. The first-order valence-corrected chi connectivity index (χ1v) is 12.5. The van der Waals surface area contributed by atoms with Crippen LogP contribution in [0.15, 0.2) is 36.4 Å². The van der Waals surface area contributed by atoms with Gasteiger partial charge in [0.05, 0.1) is 12.1 Å². The Balaban J connectivity index is 1.46. The predicted octanol–water partition coefficient (Wildman–Crippen LogP) is 4.61. The average molecular weight is 507 g/mol. The molecule has 0 saturated heterocycles. The highest BCUT2D eigenvalue weighted by Gasteiger charge is 2.34. The first kappa shape index (κ1) is 26.4. The second-order valence-corrected chi connectivity index (χ2v) is 10.1. The van der Waals surface area contributed by atoms with E-state index in [-0.39, 0.29) is 36.9 Å². The van der Waals surface area contributed by atoms with Crippen LogP contribution in [0.5, 0.6) is 0 Å². The number of carbonyl (C=O) groups is 1. The van der Waals surface area contributed by atoms with Gasteiger partial charge in [-0.3, -0.25) is 9.69 Å². The lowest BCUT2D eigenvalue weighted by atomic mass is 9.96. The molecule has 2 aromatic rings. The van der Waals surface area contributed by atoms with Crippen LogP contribution in [0.2, 0.25) is 0 Å². The highest BCUT2D eigenvalue weighted by molar-refractivity contribution is 5.81. The number of benzene rings is 2. The number of fused-ring (bicyclic) bond motifs is 1. The molecule has 1 amide bonds. The van der Waals surface area contributed by atoms with Crippen molar-refractivity contribution in [2.24, 2.45) is 5.92 Å². The van der Waals surface area contributed by atoms with Crippen molar-refractivity contribution in [3.05, 3.63) is 64.5 Å². The first-order valence-electron chi connectivity index (χ1n) is 12.5. The molecule has 1 aliphatic carbocycles. The Morgan fingerprint density at radius 3 is 2.53 bits per heavy atom. The molecule has 1 heterocycles. The minimum absolute atomic E-state index is 0.0621. The molecule has 9 heteroatoms. The van der Waals surface area contributed by atoms with Crippen molar-refractivity contribution in [1.82, 2.24) is 14.7 Å². The molecule has 1 fully saturated rings. The van der Waals surface area contributed by atoms with E-state index in [9.17, 15) is 22.4 Å². The Bertz CT molecular complexity index is 1070. The summed E-state index contributed by atoms with van der Waals surface area (Å²) in [4.78, 5) is 18.8. The van der Waals surface area contributed by atoms with E-state index in [1.54, 1.807) is 12.1 Å². The summed E-state index contributed by atoms with van der Waals surface area (Å²) in [5.41, 5.74) is 1.60. The van der Waals surface area contributed by atoms with Gasteiger partial charge >= 0.3 is 6.18 Å². The number of amides is 1. The van der Waals surface area contributed by atoms with Gasteiger partial charge in [0, 0.05) is 50.5 Å². The molecular formula is C27H34F4N4O. The van der Waals surface area contributed by atoms with E-state index >= 15 is 0 Å². The summed E-state index contributed by atoms with van der Waals surface area (Å²) in [7, 11) is 3.70. The van der Waals surface area contributed by atoms with Crippen molar-refractivity contribution in [2.75, 3.05) is 52.1 Å². The van der Waals surface area contributed by atoms with E-state index in [4.69, 9.17) is 0 Å². The summed E-state index contributed by atoms with van der Waals surface area (Å²) in [5, 5.41) is 3.15. The quantitative estimate of drug-likeness (QED) is 0.478. The summed E-state index contributed by atoms with van der Waals surface area (Å²) in [6.07, 6.45) is -1.31. The highest BCUT2D eigenvalue weighted by Crippen LogP contribution is 2.34. The van der Waals surface area contributed by atoms with E-state index in [1.165, 1.54) is 35.9 Å². The Hall–Kier alpha value is -2.65. The number of hydrogen-bond acceptors (Lipinski definition) is 4. The van der Waals surface area contributed by atoms with Crippen LogP contribution in [-0.4, -0.2) is 67.4 Å². The number of rotatable bonds is 10. The van der Waals surface area contributed by atoms with Gasteiger partial charge in [-0.05, 0) is 68.6 Å². The van der Waals surface area contributed by atoms with E-state index in [0.29, 0.717) is 30.8 Å². The smallest absolute Gasteiger partial charge is 0.376 e. The number of anilines is 1. The SMILES string of the molecule is CN(C)CCN(Cc1ccccc1C(F)(F)F)C(=O)CNc1ccc(F)c2c1CCN(CC1CC1)C2. The van der Waals surface area contributed by atoms with E-state index < -0.39 is 11.7 Å². The number of likely N-dealkylation sites (N-methyl/N-ethyl adjacent to an activating group) is 1. The van der Waals surface area contributed by atoms with Gasteiger partial charge < -0.3 is 15.1 Å². The van der Waals surface area contributed by atoms with Gasteiger partial charge in [0.2, 0.25) is 5.91 Å². The zero-order chi connectivity index (χ0) is 25.9. The topological polar surface area (TPSA) is 38.8 Å². The molecule has 1 aliphatic heterocycles. The van der Waals surface area contributed by atoms with Crippen LogP contribution >= 0.6 is 0 Å². The molecule has 2 aliphatic rings. The molecule has 0 radical (unpaired) electrons. The second kappa shape index (κ2) is 11.2. The number of nitrogens with one attached hydrogen (secondary N) is 1. The molecule has 4 rings (SSSR count). The van der Waals surface area contributed by atoms with E-state index in [0.717, 1.165) is 30.6 Å². The monoisotopic (exact) mass is 506 g/mol. The maximum Gasteiger partial charge on any atom is 0.416 e. The summed E-state index contributed by atoms with van der Waals surface area (Å²) in [5.74, 6) is 0.181. The van der Waals surface area contributed by atoms with Gasteiger partial charge in [0.25, 0.3) is 0 Å². The minimum Gasteiger partial charge on any atom is -0.376 e. The first-order chi connectivity index (χ1) is 17.1. The van der Waals surface area contributed by atoms with Gasteiger partial charge in [-0.1, -0.05) is 18.2 Å². The molecule has 5 nitrogen and oxygen atoms in total. The fourth-order valence-corrected chi connectivity index (χ4v) is 4.72. The Labute approximate surface area is 210 Å². The molecule has 0 spiro atoms. The van der Waals surface area contributed by atoms with Crippen LogP contribution in [-0.2, 0) is 30.5 Å². The van der Waals surface area contributed by atoms with E-state index in [1.807, 2.05) is 19.0 Å². The molecule has 0 aromatic heterocycles. The number of halogens is 4. The lowest BCUT2D eigenvalue weighted by Crippen LogP contribution is -2.40. The second-order valence-electron chi connectivity index (χ2n) is 10.1. The van der Waals surface area contributed by atoms with Crippen LogP contribution in [0.25, 0.3) is 0 Å². The van der Waals surface area contributed by atoms with Gasteiger partial charge in [0.15, 0.2) is 0 Å². The minimum atomic E-state index is -4.49. The molecule has 0 unspecified atom stereocenters. The molecule has 0 atom stereocenters. The van der Waals surface area contributed by atoms with Crippen LogP contribution in [0.4, 0.5) is 23.2 Å². The van der Waals surface area contributed by atoms with Crippen LogP contribution < -0.4 is 5.32 Å². The summed E-state index contributed by atoms with van der Waals surface area (Å²) >= 11 is 0. The maximum atomic E-state index is 14.6.